The van der Waals surface area contributed by atoms with E-state index in [1.54, 1.807) is 12.1 Å². The summed E-state index contributed by atoms with van der Waals surface area (Å²) >= 11 is 8.85. The summed E-state index contributed by atoms with van der Waals surface area (Å²) in [6.07, 6.45) is 1.36. The largest absolute Gasteiger partial charge is 0.316 e. The highest BCUT2D eigenvalue weighted by atomic mass is 79.9. The summed E-state index contributed by atoms with van der Waals surface area (Å²) in [7, 11) is 0. The summed E-state index contributed by atoms with van der Waals surface area (Å²) in [4.78, 5) is 26.2. The molecule has 102 valence electrons. The van der Waals surface area contributed by atoms with Crippen molar-refractivity contribution < 1.29 is 9.72 Å². The van der Waals surface area contributed by atoms with E-state index in [0.717, 1.165) is 0 Å². The van der Waals surface area contributed by atoms with Crippen LogP contribution in [0.5, 0.6) is 0 Å². The van der Waals surface area contributed by atoms with E-state index in [1.807, 2.05) is 0 Å². The molecule has 0 atom stereocenters. The molecule has 1 heterocycles. The standard InChI is InChI=1S/C12H7BrClN3O3/c13-11-4-1-7(6-15-11)12(18)16-9-3-2-8(14)5-10(9)17(19)20/h1-6H,(H,16,18). The number of halogens is 2. The monoisotopic (exact) mass is 355 g/mol. The van der Waals surface area contributed by atoms with Crippen LogP contribution in [0, 0.1) is 10.1 Å². The molecule has 2 aromatic rings. The molecule has 0 saturated carbocycles. The van der Waals surface area contributed by atoms with Gasteiger partial charge in [0.05, 0.1) is 10.5 Å². The van der Waals surface area contributed by atoms with Gasteiger partial charge in [-0.1, -0.05) is 11.6 Å². The number of nitrogens with one attached hydrogen (secondary N) is 1. The average molecular weight is 357 g/mol. The number of anilines is 1. The maximum atomic E-state index is 12.0. The number of hydrogen-bond acceptors (Lipinski definition) is 4. The summed E-state index contributed by atoms with van der Waals surface area (Å²) in [5.74, 6) is -0.490. The number of nitro groups is 1. The molecule has 1 amide bonds. The van der Waals surface area contributed by atoms with Gasteiger partial charge in [0.25, 0.3) is 11.6 Å². The first kappa shape index (κ1) is 14.4. The van der Waals surface area contributed by atoms with Gasteiger partial charge in [0.1, 0.15) is 10.3 Å². The number of carbonyl (C=O) groups excluding carboxylic acids is 1. The number of nitrogens with zero attached hydrogens (tertiary/aromatic N) is 2. The highest BCUT2D eigenvalue weighted by Gasteiger charge is 2.17. The van der Waals surface area contributed by atoms with Gasteiger partial charge in [0.15, 0.2) is 0 Å². The number of amides is 1. The van der Waals surface area contributed by atoms with Crippen molar-refractivity contribution in [3.8, 4) is 0 Å². The lowest BCUT2D eigenvalue weighted by atomic mass is 10.2. The zero-order valence-corrected chi connectivity index (χ0v) is 12.2. The van der Waals surface area contributed by atoms with Crippen LogP contribution in [0.25, 0.3) is 0 Å². The fourth-order valence-electron chi connectivity index (χ4n) is 1.47. The molecular weight excluding hydrogens is 350 g/mol. The van der Waals surface area contributed by atoms with Gasteiger partial charge in [0.2, 0.25) is 0 Å². The SMILES string of the molecule is O=C(Nc1ccc(Cl)cc1[N+](=O)[O-])c1ccc(Br)nc1. The number of hydrogen-bond donors (Lipinski definition) is 1. The predicted octanol–water partition coefficient (Wildman–Crippen LogP) is 3.66. The zero-order chi connectivity index (χ0) is 14.7. The maximum Gasteiger partial charge on any atom is 0.294 e. The molecule has 0 unspecified atom stereocenters. The molecule has 0 fully saturated rings. The first-order valence-corrected chi connectivity index (χ1v) is 6.51. The van der Waals surface area contributed by atoms with Gasteiger partial charge in [-0.2, -0.15) is 0 Å². The summed E-state index contributed by atoms with van der Waals surface area (Å²) in [6.45, 7) is 0. The number of nitro benzene ring substituents is 1. The molecule has 0 radical (unpaired) electrons. The van der Waals surface area contributed by atoms with E-state index < -0.39 is 10.8 Å². The summed E-state index contributed by atoms with van der Waals surface area (Å²) in [6, 6.07) is 7.17. The molecule has 1 aromatic heterocycles. The van der Waals surface area contributed by atoms with Crippen LogP contribution in [-0.4, -0.2) is 15.8 Å². The number of pyridine rings is 1. The van der Waals surface area contributed by atoms with E-state index in [1.165, 1.54) is 24.4 Å². The fraction of sp³-hybridized carbons (Fsp3) is 0. The molecule has 0 spiro atoms. The van der Waals surface area contributed by atoms with E-state index in [0.29, 0.717) is 4.60 Å². The van der Waals surface area contributed by atoms with Crippen molar-refractivity contribution in [2.75, 3.05) is 5.32 Å². The molecule has 1 aromatic carbocycles. The van der Waals surface area contributed by atoms with Crippen LogP contribution in [0.3, 0.4) is 0 Å². The maximum absolute atomic E-state index is 12.0. The van der Waals surface area contributed by atoms with Crippen molar-refractivity contribution in [2.24, 2.45) is 0 Å². The Bertz CT molecular complexity index is 676. The lowest BCUT2D eigenvalue weighted by Crippen LogP contribution is -2.13. The third kappa shape index (κ3) is 3.31. The Morgan fingerprint density at radius 1 is 1.35 bits per heavy atom. The number of benzene rings is 1. The van der Waals surface area contributed by atoms with Crippen LogP contribution >= 0.6 is 27.5 Å². The topological polar surface area (TPSA) is 85.1 Å². The molecule has 20 heavy (non-hydrogen) atoms. The first-order chi connectivity index (χ1) is 9.47. The lowest BCUT2D eigenvalue weighted by molar-refractivity contribution is -0.383. The Morgan fingerprint density at radius 2 is 2.10 bits per heavy atom. The molecular formula is C12H7BrClN3O3. The lowest BCUT2D eigenvalue weighted by Gasteiger charge is -2.06. The normalized spacial score (nSPS) is 10.1. The molecule has 8 heteroatoms. The summed E-state index contributed by atoms with van der Waals surface area (Å²) in [5.41, 5.74) is 0.0979. The van der Waals surface area contributed by atoms with Gasteiger partial charge in [0, 0.05) is 17.3 Å². The smallest absolute Gasteiger partial charge is 0.294 e. The highest BCUT2D eigenvalue weighted by molar-refractivity contribution is 9.10. The molecule has 0 bridgehead atoms. The summed E-state index contributed by atoms with van der Waals surface area (Å²) in [5, 5.41) is 13.6. The molecule has 0 aliphatic heterocycles. The van der Waals surface area contributed by atoms with Crippen molar-refractivity contribution in [3.05, 3.63) is 61.8 Å². The molecule has 6 nitrogen and oxygen atoms in total. The molecule has 0 aliphatic rings. The Hall–Kier alpha value is -1.99. The van der Waals surface area contributed by atoms with Crippen LogP contribution in [0.15, 0.2) is 41.1 Å². The van der Waals surface area contributed by atoms with Crippen LogP contribution in [-0.2, 0) is 0 Å². The minimum absolute atomic E-state index is 0.0762. The molecule has 2 rings (SSSR count). The quantitative estimate of drug-likeness (QED) is 0.516. The zero-order valence-electron chi connectivity index (χ0n) is 9.84. The van der Waals surface area contributed by atoms with Crippen LogP contribution in [0.1, 0.15) is 10.4 Å². The molecule has 1 N–H and O–H groups in total. The van der Waals surface area contributed by atoms with Gasteiger partial charge in [-0.15, -0.1) is 0 Å². The van der Waals surface area contributed by atoms with Crippen LogP contribution < -0.4 is 5.32 Å². The van der Waals surface area contributed by atoms with Crippen molar-refractivity contribution in [1.29, 1.82) is 0 Å². The minimum atomic E-state index is -0.610. The van der Waals surface area contributed by atoms with E-state index >= 15 is 0 Å². The van der Waals surface area contributed by atoms with E-state index in [-0.39, 0.29) is 22.0 Å². The van der Waals surface area contributed by atoms with Crippen LogP contribution in [0.2, 0.25) is 5.02 Å². The number of aromatic nitrogens is 1. The number of carbonyl (C=O) groups is 1. The third-order valence-electron chi connectivity index (χ3n) is 2.39. The van der Waals surface area contributed by atoms with Gasteiger partial charge in [-0.3, -0.25) is 14.9 Å². The number of rotatable bonds is 3. The van der Waals surface area contributed by atoms with Gasteiger partial charge in [-0.25, -0.2) is 4.98 Å². The van der Waals surface area contributed by atoms with Crippen molar-refractivity contribution in [3.63, 3.8) is 0 Å². The van der Waals surface area contributed by atoms with Gasteiger partial charge in [-0.05, 0) is 40.2 Å². The third-order valence-corrected chi connectivity index (χ3v) is 3.10. The van der Waals surface area contributed by atoms with Crippen molar-refractivity contribution >= 4 is 44.8 Å². The predicted molar refractivity (Wildman–Crippen MR) is 78.0 cm³/mol. The second-order valence-corrected chi connectivity index (χ2v) is 4.99. The Kier molecular flexibility index (Phi) is 4.31. The Morgan fingerprint density at radius 3 is 2.70 bits per heavy atom. The second kappa shape index (κ2) is 5.98. The average Bonchev–Trinajstić information content (AvgIpc) is 2.41. The van der Waals surface area contributed by atoms with E-state index in [4.69, 9.17) is 11.6 Å². The van der Waals surface area contributed by atoms with Crippen LogP contribution in [0.4, 0.5) is 11.4 Å². The minimum Gasteiger partial charge on any atom is -0.316 e. The Labute approximate surface area is 127 Å². The van der Waals surface area contributed by atoms with Gasteiger partial charge < -0.3 is 5.32 Å². The first-order valence-electron chi connectivity index (χ1n) is 5.34. The second-order valence-electron chi connectivity index (χ2n) is 3.74. The van der Waals surface area contributed by atoms with E-state index in [2.05, 4.69) is 26.2 Å². The summed E-state index contributed by atoms with van der Waals surface area (Å²) < 4.78 is 0.589. The Balaban J connectivity index is 2.28. The van der Waals surface area contributed by atoms with E-state index in [9.17, 15) is 14.9 Å². The van der Waals surface area contributed by atoms with Crippen molar-refractivity contribution in [2.45, 2.75) is 0 Å². The molecule has 0 aliphatic carbocycles. The van der Waals surface area contributed by atoms with Crippen molar-refractivity contribution in [1.82, 2.24) is 4.98 Å². The molecule has 0 saturated heterocycles. The fourth-order valence-corrected chi connectivity index (χ4v) is 1.87. The highest BCUT2D eigenvalue weighted by Crippen LogP contribution is 2.28. The van der Waals surface area contributed by atoms with Gasteiger partial charge >= 0.3 is 0 Å².